The molecule has 3 N–H and O–H groups in total. The van der Waals surface area contributed by atoms with Crippen molar-refractivity contribution in [3.8, 4) is 0 Å². The lowest BCUT2D eigenvalue weighted by Crippen LogP contribution is -2.52. The standard InChI is InChI=1S/C22H27F4N5O/c1-21(32)12-27-9-8-16(21)10-28-19-18(23)20(30-13-29-19)31(17-6-7-17)11-14-2-4-15(5-3-14)22(24,25)26/h2-5,13,16-17,27,32H,6-12H2,1H3,(H,28,29,30)/t16-,21-/m0/s1. The quantitative estimate of drug-likeness (QED) is 0.557. The van der Waals surface area contributed by atoms with E-state index in [1.807, 2.05) is 0 Å². The number of anilines is 2. The first-order valence-electron chi connectivity index (χ1n) is 10.8. The highest BCUT2D eigenvalue weighted by atomic mass is 19.4. The number of aromatic nitrogens is 2. The molecule has 0 radical (unpaired) electrons. The molecule has 2 aliphatic rings. The lowest BCUT2D eigenvalue weighted by Gasteiger charge is -2.37. The number of piperidine rings is 1. The number of aliphatic hydroxyl groups is 1. The molecule has 1 saturated heterocycles. The zero-order valence-electron chi connectivity index (χ0n) is 17.8. The van der Waals surface area contributed by atoms with Crippen molar-refractivity contribution in [2.75, 3.05) is 29.9 Å². The van der Waals surface area contributed by atoms with E-state index < -0.39 is 23.2 Å². The summed E-state index contributed by atoms with van der Waals surface area (Å²) in [5, 5.41) is 16.7. The van der Waals surface area contributed by atoms with Crippen LogP contribution >= 0.6 is 0 Å². The van der Waals surface area contributed by atoms with Gasteiger partial charge in [0, 0.05) is 31.6 Å². The highest BCUT2D eigenvalue weighted by Crippen LogP contribution is 2.35. The van der Waals surface area contributed by atoms with Crippen molar-refractivity contribution < 1.29 is 22.7 Å². The van der Waals surface area contributed by atoms with Gasteiger partial charge in [-0.15, -0.1) is 0 Å². The van der Waals surface area contributed by atoms with E-state index in [9.17, 15) is 18.3 Å². The van der Waals surface area contributed by atoms with Crippen LogP contribution in [-0.4, -0.2) is 46.4 Å². The first kappa shape index (κ1) is 22.7. The van der Waals surface area contributed by atoms with Crippen LogP contribution in [0.4, 0.5) is 29.2 Å². The summed E-state index contributed by atoms with van der Waals surface area (Å²) in [6, 6.07) is 4.98. The molecule has 1 aromatic carbocycles. The summed E-state index contributed by atoms with van der Waals surface area (Å²) < 4.78 is 53.8. The second kappa shape index (κ2) is 8.82. The van der Waals surface area contributed by atoms with Crippen molar-refractivity contribution in [1.82, 2.24) is 15.3 Å². The Balaban J connectivity index is 1.50. The predicted octanol–water partition coefficient (Wildman–Crippen LogP) is 3.58. The third kappa shape index (κ3) is 5.12. The van der Waals surface area contributed by atoms with Gasteiger partial charge in [0.15, 0.2) is 11.6 Å². The van der Waals surface area contributed by atoms with Crippen LogP contribution in [0, 0.1) is 11.7 Å². The first-order chi connectivity index (χ1) is 15.1. The number of rotatable bonds is 7. The molecule has 2 atom stereocenters. The van der Waals surface area contributed by atoms with E-state index >= 15 is 4.39 Å². The maximum atomic E-state index is 15.3. The van der Waals surface area contributed by atoms with Crippen LogP contribution in [0.15, 0.2) is 30.6 Å². The summed E-state index contributed by atoms with van der Waals surface area (Å²) in [4.78, 5) is 9.95. The summed E-state index contributed by atoms with van der Waals surface area (Å²) in [5.41, 5.74) is -0.976. The fraction of sp³-hybridized carbons (Fsp3) is 0.545. The summed E-state index contributed by atoms with van der Waals surface area (Å²) in [6.45, 7) is 3.62. The molecule has 0 bridgehead atoms. The van der Waals surface area contributed by atoms with Gasteiger partial charge in [0.1, 0.15) is 6.33 Å². The fourth-order valence-corrected chi connectivity index (χ4v) is 4.06. The maximum Gasteiger partial charge on any atom is 0.416 e. The number of nitrogens with zero attached hydrogens (tertiary/aromatic N) is 3. The molecule has 1 aromatic heterocycles. The van der Waals surface area contributed by atoms with Crippen molar-refractivity contribution in [2.24, 2.45) is 5.92 Å². The Bertz CT molecular complexity index is 931. The van der Waals surface area contributed by atoms with E-state index in [1.54, 1.807) is 11.8 Å². The average Bonchev–Trinajstić information content (AvgIpc) is 3.57. The van der Waals surface area contributed by atoms with E-state index in [4.69, 9.17) is 0 Å². The molecule has 2 heterocycles. The number of halogens is 4. The number of β-amino-alcohol motifs (C(OH)–C–C–N with tert-alkyl or cyclic N) is 1. The van der Waals surface area contributed by atoms with Crippen molar-refractivity contribution in [3.05, 3.63) is 47.5 Å². The van der Waals surface area contributed by atoms with Gasteiger partial charge in [0.2, 0.25) is 5.82 Å². The van der Waals surface area contributed by atoms with E-state index in [2.05, 4.69) is 20.6 Å². The average molecular weight is 453 g/mol. The van der Waals surface area contributed by atoms with Gasteiger partial charge in [0.25, 0.3) is 0 Å². The minimum absolute atomic E-state index is 0.0578. The van der Waals surface area contributed by atoms with Crippen LogP contribution < -0.4 is 15.5 Å². The summed E-state index contributed by atoms with van der Waals surface area (Å²) in [5.74, 6) is -0.475. The highest BCUT2D eigenvalue weighted by molar-refractivity contribution is 5.52. The van der Waals surface area contributed by atoms with Crippen LogP contribution in [0.3, 0.4) is 0 Å². The van der Waals surface area contributed by atoms with E-state index in [0.717, 1.165) is 37.9 Å². The van der Waals surface area contributed by atoms with Gasteiger partial charge in [-0.25, -0.2) is 9.97 Å². The number of benzene rings is 1. The molecule has 0 amide bonds. The molecule has 32 heavy (non-hydrogen) atoms. The van der Waals surface area contributed by atoms with E-state index in [1.165, 1.54) is 18.5 Å². The number of hydrogen-bond donors (Lipinski definition) is 3. The fourth-order valence-electron chi connectivity index (χ4n) is 4.06. The smallest absolute Gasteiger partial charge is 0.388 e. The molecule has 1 saturated carbocycles. The number of hydrogen-bond acceptors (Lipinski definition) is 6. The zero-order chi connectivity index (χ0) is 22.9. The van der Waals surface area contributed by atoms with Gasteiger partial charge < -0.3 is 20.6 Å². The summed E-state index contributed by atoms with van der Waals surface area (Å²) >= 11 is 0. The summed E-state index contributed by atoms with van der Waals surface area (Å²) in [6.07, 6.45) is -0.631. The largest absolute Gasteiger partial charge is 0.416 e. The molecule has 2 aromatic rings. The zero-order valence-corrected chi connectivity index (χ0v) is 17.8. The van der Waals surface area contributed by atoms with Crippen LogP contribution in [0.5, 0.6) is 0 Å². The minimum atomic E-state index is -4.40. The Morgan fingerprint density at radius 3 is 2.53 bits per heavy atom. The van der Waals surface area contributed by atoms with Crippen LogP contribution in [0.25, 0.3) is 0 Å². The second-order valence-electron chi connectivity index (χ2n) is 8.81. The Morgan fingerprint density at radius 1 is 1.19 bits per heavy atom. The minimum Gasteiger partial charge on any atom is -0.388 e. The van der Waals surface area contributed by atoms with E-state index in [-0.39, 0.29) is 30.1 Å². The second-order valence-corrected chi connectivity index (χ2v) is 8.81. The van der Waals surface area contributed by atoms with Crippen molar-refractivity contribution in [2.45, 2.75) is 50.6 Å². The molecular formula is C22H27F4N5O. The van der Waals surface area contributed by atoms with Gasteiger partial charge in [0.05, 0.1) is 11.2 Å². The molecule has 1 aliphatic carbocycles. The Morgan fingerprint density at radius 2 is 1.91 bits per heavy atom. The SMILES string of the molecule is C[C@]1(O)CNCC[C@H]1CNc1ncnc(N(Cc2ccc(C(F)(F)F)cc2)C2CC2)c1F. The molecule has 6 nitrogen and oxygen atoms in total. The summed E-state index contributed by atoms with van der Waals surface area (Å²) in [7, 11) is 0. The molecule has 1 aliphatic heterocycles. The molecule has 4 rings (SSSR count). The van der Waals surface area contributed by atoms with Crippen LogP contribution in [-0.2, 0) is 12.7 Å². The number of nitrogens with one attached hydrogen (secondary N) is 2. The maximum absolute atomic E-state index is 15.3. The van der Waals surface area contributed by atoms with Crippen LogP contribution in [0.1, 0.15) is 37.3 Å². The normalized spacial score (nSPS) is 23.8. The lowest BCUT2D eigenvalue weighted by molar-refractivity contribution is -0.137. The molecule has 0 spiro atoms. The van der Waals surface area contributed by atoms with Gasteiger partial charge in [-0.2, -0.15) is 17.6 Å². The lowest BCUT2D eigenvalue weighted by atomic mass is 9.83. The highest BCUT2D eigenvalue weighted by Gasteiger charge is 2.36. The molecule has 174 valence electrons. The third-order valence-corrected chi connectivity index (χ3v) is 6.21. The molecular weight excluding hydrogens is 426 g/mol. The Kier molecular flexibility index (Phi) is 6.26. The van der Waals surface area contributed by atoms with E-state index in [0.29, 0.717) is 18.7 Å². The van der Waals surface area contributed by atoms with Gasteiger partial charge in [-0.1, -0.05) is 12.1 Å². The van der Waals surface area contributed by atoms with Gasteiger partial charge in [-0.3, -0.25) is 0 Å². The first-order valence-corrected chi connectivity index (χ1v) is 10.8. The van der Waals surface area contributed by atoms with Crippen molar-refractivity contribution in [1.29, 1.82) is 0 Å². The van der Waals surface area contributed by atoms with Gasteiger partial charge >= 0.3 is 6.18 Å². The molecule has 0 unspecified atom stereocenters. The number of alkyl halides is 3. The van der Waals surface area contributed by atoms with Gasteiger partial charge in [-0.05, 0) is 50.4 Å². The predicted molar refractivity (Wildman–Crippen MR) is 113 cm³/mol. The third-order valence-electron chi connectivity index (χ3n) is 6.21. The molecule has 2 fully saturated rings. The monoisotopic (exact) mass is 453 g/mol. The van der Waals surface area contributed by atoms with Crippen molar-refractivity contribution >= 4 is 11.6 Å². The Hall–Kier alpha value is -2.46. The topological polar surface area (TPSA) is 73.3 Å². The van der Waals surface area contributed by atoms with Crippen LogP contribution in [0.2, 0.25) is 0 Å². The van der Waals surface area contributed by atoms with Crippen molar-refractivity contribution in [3.63, 3.8) is 0 Å². The molecule has 10 heteroatoms. The Labute approximate surface area is 184 Å².